The van der Waals surface area contributed by atoms with Crippen LogP contribution in [0.4, 0.5) is 0 Å². The number of esters is 1. The number of hydrogen-bond acceptors (Lipinski definition) is 6. The number of methoxy groups -OCH3 is 2. The summed E-state index contributed by atoms with van der Waals surface area (Å²) in [5.41, 5.74) is 0.505. The first-order chi connectivity index (χ1) is 11.4. The average Bonchev–Trinajstić information content (AvgIpc) is 2.53. The Bertz CT molecular complexity index is 511. The van der Waals surface area contributed by atoms with Crippen LogP contribution in [0.3, 0.4) is 0 Å². The molecule has 0 saturated carbocycles. The molecule has 0 unspecified atom stereocenters. The number of carbonyl (C=O) groups excluding carboxylic acids is 1. The fraction of sp³-hybridized carbons (Fsp3) is 0.611. The van der Waals surface area contributed by atoms with Crippen LogP contribution in [0.2, 0.25) is 0 Å². The first kappa shape index (κ1) is 20.3. The zero-order chi connectivity index (χ0) is 18.0. The Balaban J connectivity index is 2.49. The molecule has 0 saturated heterocycles. The van der Waals surface area contributed by atoms with Gasteiger partial charge in [-0.3, -0.25) is 0 Å². The van der Waals surface area contributed by atoms with Crippen LogP contribution in [0.25, 0.3) is 0 Å². The van der Waals surface area contributed by atoms with Crippen molar-refractivity contribution in [3.63, 3.8) is 0 Å². The second-order valence-corrected chi connectivity index (χ2v) is 6.37. The summed E-state index contributed by atoms with van der Waals surface area (Å²) in [5, 5.41) is 3.35. The van der Waals surface area contributed by atoms with E-state index in [-0.39, 0.29) is 11.5 Å². The standard InChI is InChI=1S/C18H29NO5/c1-18(2,3)19-9-6-10-24-17(20)14-7-8-15(16(13-14)22-5)23-12-11-21-4/h7-8,13,19H,6,9-12H2,1-5H3. The Morgan fingerprint density at radius 1 is 1.08 bits per heavy atom. The van der Waals surface area contributed by atoms with E-state index in [1.54, 1.807) is 25.3 Å². The zero-order valence-corrected chi connectivity index (χ0v) is 15.3. The highest BCUT2D eigenvalue weighted by molar-refractivity contribution is 5.90. The number of rotatable bonds is 10. The van der Waals surface area contributed by atoms with Crippen LogP contribution in [0, 0.1) is 0 Å². The molecule has 1 aromatic carbocycles. The summed E-state index contributed by atoms with van der Waals surface area (Å²) < 4.78 is 21.0. The Morgan fingerprint density at radius 2 is 1.83 bits per heavy atom. The van der Waals surface area contributed by atoms with Crippen molar-refractivity contribution in [1.29, 1.82) is 0 Å². The summed E-state index contributed by atoms with van der Waals surface area (Å²) in [7, 11) is 3.14. The van der Waals surface area contributed by atoms with E-state index in [0.29, 0.717) is 36.9 Å². The van der Waals surface area contributed by atoms with Crippen LogP contribution in [0.15, 0.2) is 18.2 Å². The molecule has 0 atom stereocenters. The highest BCUT2D eigenvalue weighted by Crippen LogP contribution is 2.28. The van der Waals surface area contributed by atoms with Crippen molar-refractivity contribution < 1.29 is 23.7 Å². The third kappa shape index (κ3) is 7.66. The summed E-state index contributed by atoms with van der Waals surface area (Å²) in [6.45, 7) is 8.36. The summed E-state index contributed by atoms with van der Waals surface area (Å²) in [5.74, 6) is 0.697. The SMILES string of the molecule is COCCOc1ccc(C(=O)OCCCNC(C)(C)C)cc1OC. The van der Waals surface area contributed by atoms with Crippen LogP contribution in [-0.4, -0.2) is 52.1 Å². The third-order valence-electron chi connectivity index (χ3n) is 3.15. The summed E-state index contributed by atoms with van der Waals surface area (Å²) in [6, 6.07) is 4.99. The van der Waals surface area contributed by atoms with Gasteiger partial charge in [-0.15, -0.1) is 0 Å². The van der Waals surface area contributed by atoms with Gasteiger partial charge in [0.25, 0.3) is 0 Å². The molecule has 1 N–H and O–H groups in total. The van der Waals surface area contributed by atoms with Crippen LogP contribution >= 0.6 is 0 Å². The molecular weight excluding hydrogens is 310 g/mol. The lowest BCUT2D eigenvalue weighted by molar-refractivity contribution is 0.0499. The third-order valence-corrected chi connectivity index (χ3v) is 3.15. The Morgan fingerprint density at radius 3 is 2.46 bits per heavy atom. The molecule has 6 nitrogen and oxygen atoms in total. The minimum Gasteiger partial charge on any atom is -0.493 e. The van der Waals surface area contributed by atoms with Gasteiger partial charge in [0.05, 0.1) is 25.9 Å². The molecule has 0 radical (unpaired) electrons. The Kier molecular flexibility index (Phi) is 8.57. The molecule has 24 heavy (non-hydrogen) atoms. The summed E-state index contributed by atoms with van der Waals surface area (Å²) >= 11 is 0. The predicted octanol–water partition coefficient (Wildman–Crippen LogP) is 2.66. The van der Waals surface area contributed by atoms with Crippen LogP contribution in [0.5, 0.6) is 11.5 Å². The quantitative estimate of drug-likeness (QED) is 0.522. The largest absolute Gasteiger partial charge is 0.493 e. The predicted molar refractivity (Wildman–Crippen MR) is 93.0 cm³/mol. The first-order valence-electron chi connectivity index (χ1n) is 8.09. The molecular formula is C18H29NO5. The number of benzene rings is 1. The van der Waals surface area contributed by atoms with Crippen molar-refractivity contribution in [3.8, 4) is 11.5 Å². The summed E-state index contributed by atoms with van der Waals surface area (Å²) in [6.07, 6.45) is 0.762. The molecule has 0 fully saturated rings. The van der Waals surface area contributed by atoms with E-state index in [1.165, 1.54) is 7.11 Å². The molecule has 0 aliphatic heterocycles. The number of carbonyl (C=O) groups is 1. The average molecular weight is 339 g/mol. The second-order valence-electron chi connectivity index (χ2n) is 6.37. The van der Waals surface area contributed by atoms with E-state index in [2.05, 4.69) is 26.1 Å². The molecule has 1 rings (SSSR count). The first-order valence-corrected chi connectivity index (χ1v) is 8.09. The Labute approximate surface area is 144 Å². The van der Waals surface area contributed by atoms with Gasteiger partial charge in [0.15, 0.2) is 11.5 Å². The van der Waals surface area contributed by atoms with E-state index in [0.717, 1.165) is 13.0 Å². The minimum atomic E-state index is -0.368. The molecule has 6 heteroatoms. The van der Waals surface area contributed by atoms with Crippen molar-refractivity contribution in [3.05, 3.63) is 23.8 Å². The van der Waals surface area contributed by atoms with Gasteiger partial charge in [0.2, 0.25) is 0 Å². The van der Waals surface area contributed by atoms with Crippen LogP contribution in [-0.2, 0) is 9.47 Å². The van der Waals surface area contributed by atoms with Crippen molar-refractivity contribution in [1.82, 2.24) is 5.32 Å². The van der Waals surface area contributed by atoms with Gasteiger partial charge in [-0.1, -0.05) is 0 Å². The maximum Gasteiger partial charge on any atom is 0.338 e. The molecule has 0 amide bonds. The Hall–Kier alpha value is -1.79. The maximum absolute atomic E-state index is 12.1. The van der Waals surface area contributed by atoms with Crippen molar-refractivity contribution >= 4 is 5.97 Å². The van der Waals surface area contributed by atoms with Crippen LogP contribution < -0.4 is 14.8 Å². The highest BCUT2D eigenvalue weighted by Gasteiger charge is 2.13. The molecule has 0 aliphatic carbocycles. The van der Waals surface area contributed by atoms with E-state index >= 15 is 0 Å². The fourth-order valence-corrected chi connectivity index (χ4v) is 1.93. The van der Waals surface area contributed by atoms with E-state index in [1.807, 2.05) is 0 Å². The van der Waals surface area contributed by atoms with E-state index in [9.17, 15) is 4.79 Å². The molecule has 0 aromatic heterocycles. The lowest BCUT2D eigenvalue weighted by Crippen LogP contribution is -2.36. The van der Waals surface area contributed by atoms with Crippen molar-refractivity contribution in [2.45, 2.75) is 32.7 Å². The smallest absolute Gasteiger partial charge is 0.338 e. The molecule has 0 heterocycles. The maximum atomic E-state index is 12.1. The topological polar surface area (TPSA) is 66.0 Å². The van der Waals surface area contributed by atoms with Gasteiger partial charge in [-0.2, -0.15) is 0 Å². The van der Waals surface area contributed by atoms with Crippen molar-refractivity contribution in [2.75, 3.05) is 40.6 Å². The molecule has 0 aliphatic rings. The van der Waals surface area contributed by atoms with Gasteiger partial charge in [-0.05, 0) is 51.9 Å². The monoisotopic (exact) mass is 339 g/mol. The van der Waals surface area contributed by atoms with Gasteiger partial charge < -0.3 is 24.3 Å². The number of ether oxygens (including phenoxy) is 4. The van der Waals surface area contributed by atoms with E-state index in [4.69, 9.17) is 18.9 Å². The summed E-state index contributed by atoms with van der Waals surface area (Å²) in [4.78, 5) is 12.1. The second kappa shape index (κ2) is 10.2. The van der Waals surface area contributed by atoms with Gasteiger partial charge in [0.1, 0.15) is 6.61 Å². The highest BCUT2D eigenvalue weighted by atomic mass is 16.5. The molecule has 0 spiro atoms. The fourth-order valence-electron chi connectivity index (χ4n) is 1.93. The number of nitrogens with one attached hydrogen (secondary N) is 1. The molecule has 136 valence electrons. The minimum absolute atomic E-state index is 0.0655. The van der Waals surface area contributed by atoms with E-state index < -0.39 is 0 Å². The molecule has 0 bridgehead atoms. The van der Waals surface area contributed by atoms with Crippen molar-refractivity contribution in [2.24, 2.45) is 0 Å². The van der Waals surface area contributed by atoms with Gasteiger partial charge in [-0.25, -0.2) is 4.79 Å². The molecule has 1 aromatic rings. The normalized spacial score (nSPS) is 11.2. The van der Waals surface area contributed by atoms with Gasteiger partial charge in [0, 0.05) is 12.6 Å². The van der Waals surface area contributed by atoms with Gasteiger partial charge >= 0.3 is 5.97 Å². The zero-order valence-electron chi connectivity index (χ0n) is 15.3. The van der Waals surface area contributed by atoms with Crippen LogP contribution in [0.1, 0.15) is 37.6 Å². The lowest BCUT2D eigenvalue weighted by Gasteiger charge is -2.20. The lowest BCUT2D eigenvalue weighted by atomic mass is 10.1. The number of hydrogen-bond donors (Lipinski definition) is 1.